The summed E-state index contributed by atoms with van der Waals surface area (Å²) in [4.78, 5) is -0.801. The van der Waals surface area contributed by atoms with Crippen LogP contribution in [0, 0.1) is 0 Å². The van der Waals surface area contributed by atoms with Gasteiger partial charge < -0.3 is 10.8 Å². The average Bonchev–Trinajstić information content (AvgIpc) is 2.71. The second-order valence-corrected chi connectivity index (χ2v) is 9.73. The predicted molar refractivity (Wildman–Crippen MR) is 118 cm³/mol. The zero-order valence-electron chi connectivity index (χ0n) is 16.0. The number of nitrogens with two attached hydrogens (primary N) is 1. The van der Waals surface area contributed by atoms with E-state index in [4.69, 9.17) is 5.73 Å². The van der Waals surface area contributed by atoms with Gasteiger partial charge in [-0.15, -0.1) is 5.11 Å². The molecule has 5 N–H and O–H groups in total. The molecule has 164 valence electrons. The molecule has 12 heteroatoms. The minimum atomic E-state index is -4.60. The van der Waals surface area contributed by atoms with Crippen LogP contribution in [0.1, 0.15) is 0 Å². The fourth-order valence-electron chi connectivity index (χ4n) is 3.23. The standard InChI is InChI=1S/C20H15N3O7S2/c21-17-5-6-18(16-9-15(32(28,29)30)10-19(24)20(16)17)23-22-13-3-1-11-2-4-14(31(25,26)27)8-12(11)7-13/h1-10,24H,21H2,(H,25,26,27)(H,28,29,30)/b23-22-. The van der Waals surface area contributed by atoms with E-state index in [1.165, 1.54) is 30.3 Å². The van der Waals surface area contributed by atoms with Crippen LogP contribution in [-0.2, 0) is 20.2 Å². The maximum Gasteiger partial charge on any atom is 0.294 e. The number of hydrogen-bond acceptors (Lipinski definition) is 8. The summed E-state index contributed by atoms with van der Waals surface area (Å²) in [6.45, 7) is 0. The van der Waals surface area contributed by atoms with Gasteiger partial charge in [-0.3, -0.25) is 9.11 Å². The first kappa shape index (κ1) is 21.6. The van der Waals surface area contributed by atoms with Crippen LogP contribution in [0.4, 0.5) is 17.1 Å². The third-order valence-corrected chi connectivity index (χ3v) is 6.42. The van der Waals surface area contributed by atoms with E-state index < -0.39 is 30.9 Å². The monoisotopic (exact) mass is 473 g/mol. The Bertz CT molecular complexity index is 1650. The smallest absolute Gasteiger partial charge is 0.294 e. The van der Waals surface area contributed by atoms with Gasteiger partial charge in [-0.25, -0.2) is 0 Å². The quantitative estimate of drug-likeness (QED) is 0.193. The number of nitrogens with zero attached hydrogens (tertiary/aromatic N) is 2. The highest BCUT2D eigenvalue weighted by Gasteiger charge is 2.17. The third-order valence-electron chi connectivity index (χ3n) is 4.74. The maximum absolute atomic E-state index is 11.5. The SMILES string of the molecule is Nc1ccc(/N=N\c2ccc3ccc(S(=O)(=O)O)cc3c2)c2cc(S(=O)(=O)O)cc(O)c12. The summed E-state index contributed by atoms with van der Waals surface area (Å²) < 4.78 is 64.4. The normalized spacial score (nSPS) is 12.7. The Morgan fingerprint density at radius 3 is 2.09 bits per heavy atom. The molecule has 0 saturated carbocycles. The summed E-state index contributed by atoms with van der Waals surface area (Å²) in [6, 6.07) is 13.9. The molecular formula is C20H15N3O7S2. The van der Waals surface area contributed by atoms with Crippen molar-refractivity contribution in [1.29, 1.82) is 0 Å². The number of phenolic OH excluding ortho intramolecular Hbond substituents is 1. The molecule has 0 radical (unpaired) electrons. The van der Waals surface area contributed by atoms with Gasteiger partial charge in [0, 0.05) is 22.5 Å². The molecule has 0 heterocycles. The Kier molecular flexibility index (Phi) is 5.09. The molecule has 0 amide bonds. The van der Waals surface area contributed by atoms with Crippen molar-refractivity contribution in [2.24, 2.45) is 10.2 Å². The lowest BCUT2D eigenvalue weighted by Crippen LogP contribution is -1.98. The van der Waals surface area contributed by atoms with Gasteiger partial charge in [0.25, 0.3) is 20.2 Å². The van der Waals surface area contributed by atoms with E-state index >= 15 is 0 Å². The Labute approximate surface area is 182 Å². The molecule has 0 aliphatic rings. The fraction of sp³-hybridized carbons (Fsp3) is 0. The molecule has 0 saturated heterocycles. The largest absolute Gasteiger partial charge is 0.507 e. The van der Waals surface area contributed by atoms with Crippen molar-refractivity contribution in [2.75, 3.05) is 5.73 Å². The zero-order chi connectivity index (χ0) is 23.3. The second kappa shape index (κ2) is 7.53. The van der Waals surface area contributed by atoms with Crippen molar-refractivity contribution in [3.8, 4) is 5.75 Å². The topological polar surface area (TPSA) is 180 Å². The van der Waals surface area contributed by atoms with Crippen molar-refractivity contribution < 1.29 is 31.0 Å². The van der Waals surface area contributed by atoms with E-state index in [2.05, 4.69) is 10.2 Å². The summed E-state index contributed by atoms with van der Waals surface area (Å²) in [6.07, 6.45) is 0. The van der Waals surface area contributed by atoms with E-state index in [9.17, 15) is 31.0 Å². The van der Waals surface area contributed by atoms with Crippen LogP contribution in [0.2, 0.25) is 0 Å². The molecule has 0 atom stereocenters. The molecule has 32 heavy (non-hydrogen) atoms. The molecule has 0 fully saturated rings. The van der Waals surface area contributed by atoms with E-state index in [-0.39, 0.29) is 27.0 Å². The number of benzene rings is 4. The summed E-state index contributed by atoms with van der Waals surface area (Å²) in [5, 5.41) is 19.9. The number of anilines is 1. The number of azo groups is 1. The zero-order valence-corrected chi connectivity index (χ0v) is 17.7. The Morgan fingerprint density at radius 1 is 0.719 bits per heavy atom. The molecule has 0 aromatic heterocycles. The summed E-state index contributed by atoms with van der Waals surface area (Å²) in [5.74, 6) is -0.451. The highest BCUT2D eigenvalue weighted by molar-refractivity contribution is 7.86. The van der Waals surface area contributed by atoms with Gasteiger partial charge in [0.05, 0.1) is 21.2 Å². The van der Waals surface area contributed by atoms with Crippen molar-refractivity contribution in [3.05, 3.63) is 60.7 Å². The number of fused-ring (bicyclic) bond motifs is 2. The number of aromatic hydroxyl groups is 1. The summed E-state index contributed by atoms with van der Waals surface area (Å²) >= 11 is 0. The first-order chi connectivity index (χ1) is 14.9. The van der Waals surface area contributed by atoms with Gasteiger partial charge >= 0.3 is 0 Å². The van der Waals surface area contributed by atoms with E-state index in [1.807, 2.05) is 0 Å². The average molecular weight is 473 g/mol. The van der Waals surface area contributed by atoms with Gasteiger partial charge in [-0.2, -0.15) is 21.9 Å². The van der Waals surface area contributed by atoms with Crippen molar-refractivity contribution in [3.63, 3.8) is 0 Å². The van der Waals surface area contributed by atoms with Crippen molar-refractivity contribution >= 4 is 58.8 Å². The predicted octanol–water partition coefficient (Wildman–Crippen LogP) is 4.19. The number of hydrogen-bond donors (Lipinski definition) is 4. The molecule has 0 bridgehead atoms. The van der Waals surface area contributed by atoms with Gasteiger partial charge in [0.15, 0.2) is 0 Å². The highest BCUT2D eigenvalue weighted by Crippen LogP contribution is 2.39. The van der Waals surface area contributed by atoms with Crippen LogP contribution in [0.25, 0.3) is 21.5 Å². The van der Waals surface area contributed by atoms with Crippen LogP contribution >= 0.6 is 0 Å². The first-order valence-electron chi connectivity index (χ1n) is 8.89. The molecular weight excluding hydrogens is 458 g/mol. The Hall–Kier alpha value is -3.58. The molecule has 4 aromatic rings. The minimum Gasteiger partial charge on any atom is -0.507 e. The highest BCUT2D eigenvalue weighted by atomic mass is 32.2. The lowest BCUT2D eigenvalue weighted by Gasteiger charge is -2.09. The van der Waals surface area contributed by atoms with Crippen LogP contribution in [0.15, 0.2) is 80.7 Å². The van der Waals surface area contributed by atoms with Crippen LogP contribution < -0.4 is 5.73 Å². The molecule has 0 unspecified atom stereocenters. The van der Waals surface area contributed by atoms with Crippen LogP contribution in [0.5, 0.6) is 5.75 Å². The number of rotatable bonds is 4. The van der Waals surface area contributed by atoms with Gasteiger partial charge in [0.1, 0.15) is 5.75 Å². The summed E-state index contributed by atoms with van der Waals surface area (Å²) in [7, 11) is -8.97. The Morgan fingerprint density at radius 2 is 1.41 bits per heavy atom. The van der Waals surface area contributed by atoms with Gasteiger partial charge in [-0.05, 0) is 53.2 Å². The molecule has 0 aliphatic heterocycles. The van der Waals surface area contributed by atoms with Crippen molar-refractivity contribution in [1.82, 2.24) is 0 Å². The summed E-state index contributed by atoms with van der Waals surface area (Å²) in [5.41, 5.74) is 6.56. The van der Waals surface area contributed by atoms with Gasteiger partial charge in [0.2, 0.25) is 0 Å². The molecule has 4 rings (SSSR count). The molecule has 0 spiro atoms. The van der Waals surface area contributed by atoms with E-state index in [0.29, 0.717) is 16.5 Å². The second-order valence-electron chi connectivity index (χ2n) is 6.88. The van der Waals surface area contributed by atoms with Crippen molar-refractivity contribution in [2.45, 2.75) is 9.79 Å². The number of phenols is 1. The molecule has 4 aromatic carbocycles. The minimum absolute atomic E-state index is 0.144. The maximum atomic E-state index is 11.5. The van der Waals surface area contributed by atoms with Crippen LogP contribution in [-0.4, -0.2) is 31.0 Å². The Balaban J connectivity index is 1.84. The fourth-order valence-corrected chi connectivity index (χ4v) is 4.27. The molecule has 0 aliphatic carbocycles. The van der Waals surface area contributed by atoms with E-state index in [1.54, 1.807) is 18.2 Å². The first-order valence-corrected chi connectivity index (χ1v) is 11.8. The lowest BCUT2D eigenvalue weighted by molar-refractivity contribution is 0.471. The molecule has 10 nitrogen and oxygen atoms in total. The number of nitrogen functional groups attached to an aromatic ring is 1. The lowest BCUT2D eigenvalue weighted by atomic mass is 10.1. The van der Waals surface area contributed by atoms with Gasteiger partial charge in [-0.1, -0.05) is 12.1 Å². The van der Waals surface area contributed by atoms with Crippen LogP contribution in [0.3, 0.4) is 0 Å². The third kappa shape index (κ3) is 4.11. The van der Waals surface area contributed by atoms with E-state index in [0.717, 1.165) is 12.1 Å².